The lowest BCUT2D eigenvalue weighted by atomic mass is 9.96. The fourth-order valence-electron chi connectivity index (χ4n) is 4.09. The van der Waals surface area contributed by atoms with Gasteiger partial charge < -0.3 is 19.3 Å². The van der Waals surface area contributed by atoms with E-state index in [2.05, 4.69) is 4.99 Å². The van der Waals surface area contributed by atoms with Crippen molar-refractivity contribution in [3.05, 3.63) is 82.1 Å². The zero-order valence-corrected chi connectivity index (χ0v) is 24.0. The highest BCUT2D eigenvalue weighted by Gasteiger charge is 2.33. The summed E-state index contributed by atoms with van der Waals surface area (Å²) in [5.41, 5.74) is 1.96. The molecule has 0 aliphatic carbocycles. The summed E-state index contributed by atoms with van der Waals surface area (Å²) in [6.45, 7) is 7.58. The highest BCUT2D eigenvalue weighted by molar-refractivity contribution is 14.1. The van der Waals surface area contributed by atoms with E-state index in [1.807, 2.05) is 60.7 Å². The van der Waals surface area contributed by atoms with Crippen molar-refractivity contribution in [2.24, 2.45) is 4.99 Å². The summed E-state index contributed by atoms with van der Waals surface area (Å²) in [6.07, 6.45) is 1.75. The van der Waals surface area contributed by atoms with Gasteiger partial charge in [-0.2, -0.15) is 0 Å². The molecule has 8 nitrogen and oxygen atoms in total. The summed E-state index contributed by atoms with van der Waals surface area (Å²) in [7, 11) is 1.47. The highest BCUT2D eigenvalue weighted by Crippen LogP contribution is 2.33. The van der Waals surface area contributed by atoms with E-state index in [4.69, 9.17) is 14.2 Å². The van der Waals surface area contributed by atoms with Crippen LogP contribution in [0.15, 0.2) is 57.5 Å². The number of carbonyl (C=O) groups excluding carboxylic acids is 1. The number of aromatic hydroxyl groups is 1. The summed E-state index contributed by atoms with van der Waals surface area (Å²) in [4.78, 5) is 31.9. The fourth-order valence-corrected chi connectivity index (χ4v) is 5.76. The van der Waals surface area contributed by atoms with Crippen molar-refractivity contribution in [1.29, 1.82) is 0 Å². The first kappa shape index (κ1) is 26.9. The smallest absolute Gasteiger partial charge is 0.338 e. The van der Waals surface area contributed by atoms with E-state index in [0.717, 1.165) is 5.56 Å². The Morgan fingerprint density at radius 3 is 2.59 bits per heavy atom. The van der Waals surface area contributed by atoms with E-state index in [9.17, 15) is 14.7 Å². The molecule has 3 aromatic rings. The molecule has 1 N–H and O–H groups in total. The number of methoxy groups -OCH3 is 1. The SMILES string of the molecule is CCOC(=O)C1=C(C)N=c2sc(=Cc3cc(I)c(O)c(OC)c3)c(=O)n2C1c1ccc(OC(C)C)cc1. The molecule has 0 saturated heterocycles. The molecule has 1 atom stereocenters. The lowest BCUT2D eigenvalue weighted by molar-refractivity contribution is -0.139. The number of fused-ring (bicyclic) bond motifs is 1. The molecule has 194 valence electrons. The van der Waals surface area contributed by atoms with Crippen LogP contribution in [0.4, 0.5) is 0 Å². The topological polar surface area (TPSA) is 99.4 Å². The standard InChI is InChI=1S/C27H27IN2O6S/c1-6-35-26(33)22-15(4)29-27-30(23(22)17-7-9-18(10-8-17)36-14(2)3)25(32)21(37-27)13-16-11-19(28)24(31)20(12-16)34-5/h7-14,23,31H,6H2,1-5H3. The zero-order chi connectivity index (χ0) is 26.9. The van der Waals surface area contributed by atoms with Gasteiger partial charge in [-0.1, -0.05) is 23.5 Å². The van der Waals surface area contributed by atoms with Gasteiger partial charge in [0.15, 0.2) is 16.3 Å². The Bertz CT molecular complexity index is 1550. The quantitative estimate of drug-likeness (QED) is 0.313. The second-order valence-electron chi connectivity index (χ2n) is 8.59. The maximum Gasteiger partial charge on any atom is 0.338 e. The number of hydrogen-bond donors (Lipinski definition) is 1. The molecule has 0 saturated carbocycles. The van der Waals surface area contributed by atoms with Gasteiger partial charge in [-0.25, -0.2) is 9.79 Å². The van der Waals surface area contributed by atoms with Crippen molar-refractivity contribution in [2.75, 3.05) is 13.7 Å². The lowest BCUT2D eigenvalue weighted by Gasteiger charge is -2.25. The number of benzene rings is 2. The molecule has 4 rings (SSSR count). The minimum Gasteiger partial charge on any atom is -0.504 e. The lowest BCUT2D eigenvalue weighted by Crippen LogP contribution is -2.39. The molecule has 0 spiro atoms. The molecule has 1 aromatic heterocycles. The Morgan fingerprint density at radius 2 is 1.97 bits per heavy atom. The van der Waals surface area contributed by atoms with Crippen LogP contribution in [0.3, 0.4) is 0 Å². The molecular formula is C27H27IN2O6S. The molecule has 0 radical (unpaired) electrons. The van der Waals surface area contributed by atoms with Gasteiger partial charge in [0.1, 0.15) is 5.75 Å². The molecule has 10 heteroatoms. The fraction of sp³-hybridized carbons (Fsp3) is 0.296. The van der Waals surface area contributed by atoms with Gasteiger partial charge in [0.2, 0.25) is 0 Å². The van der Waals surface area contributed by atoms with Crippen LogP contribution in [0.2, 0.25) is 0 Å². The number of ether oxygens (including phenoxy) is 3. The largest absolute Gasteiger partial charge is 0.504 e. The molecule has 37 heavy (non-hydrogen) atoms. The van der Waals surface area contributed by atoms with E-state index < -0.39 is 12.0 Å². The summed E-state index contributed by atoms with van der Waals surface area (Å²) < 4.78 is 18.9. The normalized spacial score (nSPS) is 15.4. The highest BCUT2D eigenvalue weighted by atomic mass is 127. The Labute approximate surface area is 231 Å². The Hall–Kier alpha value is -3.12. The third-order valence-electron chi connectivity index (χ3n) is 5.65. The molecule has 0 amide bonds. The molecule has 1 unspecified atom stereocenters. The summed E-state index contributed by atoms with van der Waals surface area (Å²) in [5, 5.41) is 10.2. The molecule has 2 heterocycles. The number of hydrogen-bond acceptors (Lipinski definition) is 8. The van der Waals surface area contributed by atoms with Crippen LogP contribution in [0.5, 0.6) is 17.2 Å². The van der Waals surface area contributed by atoms with E-state index in [-0.39, 0.29) is 24.0 Å². The number of carbonyl (C=O) groups is 1. The number of phenols is 1. The zero-order valence-electron chi connectivity index (χ0n) is 21.1. The summed E-state index contributed by atoms with van der Waals surface area (Å²) >= 11 is 3.24. The van der Waals surface area contributed by atoms with Gasteiger partial charge >= 0.3 is 5.97 Å². The van der Waals surface area contributed by atoms with Crippen molar-refractivity contribution >= 4 is 46.0 Å². The minimum atomic E-state index is -0.708. The predicted molar refractivity (Wildman–Crippen MR) is 150 cm³/mol. The number of thiazole rings is 1. The Balaban J connectivity index is 1.91. The number of esters is 1. The maximum atomic E-state index is 13.8. The van der Waals surface area contributed by atoms with Gasteiger partial charge in [-0.05, 0) is 91.8 Å². The number of rotatable bonds is 7. The number of nitrogens with zero attached hydrogens (tertiary/aromatic N) is 2. The number of halogens is 1. The van der Waals surface area contributed by atoms with Crippen LogP contribution < -0.4 is 24.4 Å². The van der Waals surface area contributed by atoms with Crippen molar-refractivity contribution in [2.45, 2.75) is 39.8 Å². The van der Waals surface area contributed by atoms with Gasteiger partial charge in [-0.3, -0.25) is 9.36 Å². The predicted octanol–water partition coefficient (Wildman–Crippen LogP) is 3.90. The van der Waals surface area contributed by atoms with Gasteiger partial charge in [-0.15, -0.1) is 0 Å². The van der Waals surface area contributed by atoms with Gasteiger partial charge in [0.05, 0.1) is 45.2 Å². The average molecular weight is 634 g/mol. The number of allylic oxidation sites excluding steroid dienone is 1. The van der Waals surface area contributed by atoms with Gasteiger partial charge in [0.25, 0.3) is 5.56 Å². The molecule has 0 bridgehead atoms. The Kier molecular flexibility index (Phi) is 8.08. The first-order valence-corrected chi connectivity index (χ1v) is 13.6. The Morgan fingerprint density at radius 1 is 1.27 bits per heavy atom. The van der Waals surface area contributed by atoms with E-state index in [1.165, 1.54) is 23.0 Å². The molecule has 0 fully saturated rings. The first-order chi connectivity index (χ1) is 17.6. The monoisotopic (exact) mass is 634 g/mol. The van der Waals surface area contributed by atoms with Crippen LogP contribution in [0, 0.1) is 3.57 Å². The molecule has 2 aromatic carbocycles. The first-order valence-electron chi connectivity index (χ1n) is 11.7. The van der Waals surface area contributed by atoms with E-state index in [1.54, 1.807) is 32.1 Å². The summed E-state index contributed by atoms with van der Waals surface area (Å²) in [6, 6.07) is 10.1. The van der Waals surface area contributed by atoms with E-state index in [0.29, 0.717) is 41.2 Å². The maximum absolute atomic E-state index is 13.8. The molecule has 1 aliphatic heterocycles. The number of aromatic nitrogens is 1. The van der Waals surface area contributed by atoms with Crippen molar-refractivity contribution in [3.8, 4) is 17.2 Å². The second-order valence-corrected chi connectivity index (χ2v) is 10.8. The van der Waals surface area contributed by atoms with Gasteiger partial charge in [0, 0.05) is 0 Å². The number of phenolic OH excluding ortho intramolecular Hbond substituents is 1. The summed E-state index contributed by atoms with van der Waals surface area (Å²) in [5.74, 6) is 0.540. The van der Waals surface area contributed by atoms with Crippen molar-refractivity contribution in [1.82, 2.24) is 4.57 Å². The van der Waals surface area contributed by atoms with Crippen LogP contribution in [0.1, 0.15) is 44.9 Å². The third-order valence-corrected chi connectivity index (χ3v) is 7.46. The second kappa shape index (κ2) is 11.1. The van der Waals surface area contributed by atoms with Crippen LogP contribution in [-0.4, -0.2) is 35.5 Å². The van der Waals surface area contributed by atoms with Crippen LogP contribution >= 0.6 is 33.9 Å². The van der Waals surface area contributed by atoms with Crippen LogP contribution in [0.25, 0.3) is 6.08 Å². The molecular weight excluding hydrogens is 607 g/mol. The van der Waals surface area contributed by atoms with Crippen molar-refractivity contribution in [3.63, 3.8) is 0 Å². The third kappa shape index (κ3) is 5.45. The van der Waals surface area contributed by atoms with Crippen LogP contribution in [-0.2, 0) is 9.53 Å². The van der Waals surface area contributed by atoms with Crippen molar-refractivity contribution < 1.29 is 24.1 Å². The van der Waals surface area contributed by atoms with E-state index >= 15 is 0 Å². The minimum absolute atomic E-state index is 0.0161. The average Bonchev–Trinajstić information content (AvgIpc) is 3.15. The molecule has 1 aliphatic rings.